The summed E-state index contributed by atoms with van der Waals surface area (Å²) in [6, 6.07) is 4.73. The molecule has 0 aliphatic heterocycles. The average molecular weight is 321 g/mol. The van der Waals surface area contributed by atoms with Gasteiger partial charge in [0.1, 0.15) is 5.75 Å². The Balaban J connectivity index is 0.00000289. The van der Waals surface area contributed by atoms with E-state index in [4.69, 9.17) is 27.9 Å². The zero-order chi connectivity index (χ0) is 13.1. The van der Waals surface area contributed by atoms with Gasteiger partial charge in [-0.05, 0) is 25.5 Å². The molecular formula is C10H11Cl2NaO4S. The van der Waals surface area contributed by atoms with Crippen LogP contribution in [0.25, 0.3) is 0 Å². The van der Waals surface area contributed by atoms with E-state index in [9.17, 15) is 13.0 Å². The molecule has 96 valence electrons. The Morgan fingerprint density at radius 2 is 2.00 bits per heavy atom. The molecule has 18 heavy (non-hydrogen) atoms. The van der Waals surface area contributed by atoms with Crippen LogP contribution in [0.4, 0.5) is 0 Å². The number of rotatable bonds is 5. The molecule has 0 radical (unpaired) electrons. The maximum atomic E-state index is 10.5. The zero-order valence-electron chi connectivity index (χ0n) is 10.0. The van der Waals surface area contributed by atoms with E-state index in [1.807, 2.05) is 0 Å². The van der Waals surface area contributed by atoms with Crippen molar-refractivity contribution in [2.45, 2.75) is 19.4 Å². The van der Waals surface area contributed by atoms with E-state index in [2.05, 4.69) is 0 Å². The minimum atomic E-state index is -4.22. The van der Waals surface area contributed by atoms with Gasteiger partial charge in [0.25, 0.3) is 0 Å². The van der Waals surface area contributed by atoms with Crippen molar-refractivity contribution < 1.29 is 47.3 Å². The van der Waals surface area contributed by atoms with Crippen molar-refractivity contribution in [3.63, 3.8) is 0 Å². The summed E-state index contributed by atoms with van der Waals surface area (Å²) >= 11 is 11.6. The smallest absolute Gasteiger partial charge is 0.748 e. The van der Waals surface area contributed by atoms with Gasteiger partial charge in [-0.3, -0.25) is 0 Å². The average Bonchev–Trinajstić information content (AvgIpc) is 2.20. The summed E-state index contributed by atoms with van der Waals surface area (Å²) in [5.41, 5.74) is 0. The van der Waals surface area contributed by atoms with Gasteiger partial charge in [-0.15, -0.1) is 0 Å². The number of hydrogen-bond donors (Lipinski definition) is 0. The zero-order valence-corrected chi connectivity index (χ0v) is 14.3. The normalized spacial score (nSPS) is 12.7. The predicted octanol–water partition coefficient (Wildman–Crippen LogP) is -0.300. The summed E-state index contributed by atoms with van der Waals surface area (Å²) in [4.78, 5) is 0. The SMILES string of the molecule is CC(CCS(=O)(=O)[O-])Oc1cc(Cl)ccc1Cl.[Na+]. The third-order valence-corrected chi connectivity index (χ3v) is 3.28. The minimum absolute atomic E-state index is 0. The quantitative estimate of drug-likeness (QED) is 0.552. The van der Waals surface area contributed by atoms with E-state index in [1.165, 1.54) is 6.07 Å². The van der Waals surface area contributed by atoms with Crippen LogP contribution in [0.15, 0.2) is 18.2 Å². The largest absolute Gasteiger partial charge is 1.00 e. The maximum absolute atomic E-state index is 10.5. The molecule has 1 unspecified atom stereocenters. The Bertz CT molecular complexity index is 493. The van der Waals surface area contributed by atoms with E-state index in [-0.39, 0.29) is 36.0 Å². The molecule has 1 aromatic carbocycles. The molecule has 1 aromatic rings. The van der Waals surface area contributed by atoms with E-state index in [0.29, 0.717) is 15.8 Å². The Labute approximate surface area is 139 Å². The third-order valence-electron chi connectivity index (χ3n) is 2.00. The summed E-state index contributed by atoms with van der Waals surface area (Å²) in [6.45, 7) is 1.66. The van der Waals surface area contributed by atoms with Crippen molar-refractivity contribution in [1.82, 2.24) is 0 Å². The van der Waals surface area contributed by atoms with E-state index < -0.39 is 22.0 Å². The summed E-state index contributed by atoms with van der Waals surface area (Å²) in [6.07, 6.45) is -0.330. The molecule has 0 spiro atoms. The Morgan fingerprint density at radius 3 is 2.56 bits per heavy atom. The third kappa shape index (κ3) is 7.19. The fourth-order valence-corrected chi connectivity index (χ4v) is 2.10. The Morgan fingerprint density at radius 1 is 1.39 bits per heavy atom. The van der Waals surface area contributed by atoms with Gasteiger partial charge in [-0.1, -0.05) is 23.2 Å². The van der Waals surface area contributed by atoms with E-state index in [1.54, 1.807) is 19.1 Å². The topological polar surface area (TPSA) is 66.4 Å². The molecule has 0 aliphatic rings. The van der Waals surface area contributed by atoms with Crippen LogP contribution in [-0.4, -0.2) is 24.8 Å². The minimum Gasteiger partial charge on any atom is -0.748 e. The van der Waals surface area contributed by atoms with Crippen LogP contribution >= 0.6 is 23.2 Å². The molecule has 1 atom stereocenters. The van der Waals surface area contributed by atoms with E-state index in [0.717, 1.165) is 0 Å². The summed E-state index contributed by atoms with van der Waals surface area (Å²) in [5.74, 6) is -0.0956. The molecule has 0 amide bonds. The van der Waals surface area contributed by atoms with Gasteiger partial charge >= 0.3 is 29.6 Å². The van der Waals surface area contributed by atoms with Crippen LogP contribution in [-0.2, 0) is 10.1 Å². The van der Waals surface area contributed by atoms with Crippen molar-refractivity contribution in [2.24, 2.45) is 0 Å². The van der Waals surface area contributed by atoms with Crippen molar-refractivity contribution in [3.05, 3.63) is 28.2 Å². The second kappa shape index (κ2) is 7.94. The van der Waals surface area contributed by atoms with Gasteiger partial charge in [0.2, 0.25) is 0 Å². The van der Waals surface area contributed by atoms with Gasteiger partial charge in [0.15, 0.2) is 0 Å². The van der Waals surface area contributed by atoms with Crippen LogP contribution in [0.3, 0.4) is 0 Å². The fourth-order valence-electron chi connectivity index (χ4n) is 1.15. The van der Waals surface area contributed by atoms with Gasteiger partial charge in [-0.25, -0.2) is 8.42 Å². The molecule has 0 aliphatic carbocycles. The molecule has 0 N–H and O–H groups in total. The molecular weight excluding hydrogens is 310 g/mol. The summed E-state index contributed by atoms with van der Waals surface area (Å²) in [7, 11) is -4.22. The second-order valence-electron chi connectivity index (χ2n) is 3.55. The predicted molar refractivity (Wildman–Crippen MR) is 65.7 cm³/mol. The van der Waals surface area contributed by atoms with Gasteiger partial charge < -0.3 is 9.29 Å². The Kier molecular flexibility index (Phi) is 8.17. The molecule has 0 bridgehead atoms. The number of halogens is 2. The number of hydrogen-bond acceptors (Lipinski definition) is 4. The Hall–Kier alpha value is 0.510. The van der Waals surface area contributed by atoms with Crippen LogP contribution in [0.2, 0.25) is 10.0 Å². The summed E-state index contributed by atoms with van der Waals surface area (Å²) in [5, 5.41) is 0.847. The molecule has 0 heterocycles. The maximum Gasteiger partial charge on any atom is 1.00 e. The van der Waals surface area contributed by atoms with Crippen LogP contribution in [0.1, 0.15) is 13.3 Å². The first-order valence-corrected chi connectivity index (χ1v) is 7.16. The van der Waals surface area contributed by atoms with Gasteiger partial charge in [0, 0.05) is 16.8 Å². The molecule has 1 rings (SSSR count). The fraction of sp³-hybridized carbons (Fsp3) is 0.400. The van der Waals surface area contributed by atoms with Crippen LogP contribution in [0.5, 0.6) is 5.75 Å². The van der Waals surface area contributed by atoms with Crippen molar-refractivity contribution in [3.8, 4) is 5.75 Å². The van der Waals surface area contributed by atoms with Gasteiger partial charge in [-0.2, -0.15) is 0 Å². The molecule has 4 nitrogen and oxygen atoms in total. The van der Waals surface area contributed by atoms with Crippen LogP contribution in [0, 0.1) is 0 Å². The first-order chi connectivity index (χ1) is 7.78. The van der Waals surface area contributed by atoms with Gasteiger partial charge in [0.05, 0.1) is 21.2 Å². The van der Waals surface area contributed by atoms with Crippen molar-refractivity contribution >= 4 is 33.3 Å². The molecule has 0 aromatic heterocycles. The number of benzene rings is 1. The van der Waals surface area contributed by atoms with E-state index >= 15 is 0 Å². The first kappa shape index (κ1) is 18.5. The second-order valence-corrected chi connectivity index (χ2v) is 5.92. The molecule has 8 heteroatoms. The monoisotopic (exact) mass is 320 g/mol. The van der Waals surface area contributed by atoms with Crippen molar-refractivity contribution in [2.75, 3.05) is 5.75 Å². The molecule has 0 saturated heterocycles. The van der Waals surface area contributed by atoms with Crippen molar-refractivity contribution in [1.29, 1.82) is 0 Å². The number of ether oxygens (including phenoxy) is 1. The standard InChI is InChI=1S/C10H12Cl2O4S.Na/c1-7(4-5-17(13,14)15)16-10-6-8(11)2-3-9(10)12;/h2-3,6-7H,4-5H2,1H3,(H,13,14,15);/q;+1/p-1. The summed E-state index contributed by atoms with van der Waals surface area (Å²) < 4.78 is 36.8. The first-order valence-electron chi connectivity index (χ1n) is 4.83. The van der Waals surface area contributed by atoms with Crippen LogP contribution < -0.4 is 34.3 Å². The molecule has 0 fully saturated rings. The molecule has 0 saturated carbocycles.